The number of thioether (sulfide) groups is 1. The monoisotopic (exact) mass is 399 g/mol. The molecule has 0 saturated carbocycles. The van der Waals surface area contributed by atoms with E-state index in [1.807, 2.05) is 42.5 Å². The van der Waals surface area contributed by atoms with E-state index in [2.05, 4.69) is 5.32 Å². The Kier molecular flexibility index (Phi) is 6.39. The minimum Gasteiger partial charge on any atom is -0.486 e. The molecule has 0 bridgehead atoms. The van der Waals surface area contributed by atoms with Gasteiger partial charge in [-0.1, -0.05) is 18.2 Å². The van der Waals surface area contributed by atoms with E-state index in [-0.39, 0.29) is 5.91 Å². The molecule has 2 aliphatic heterocycles. The van der Waals surface area contributed by atoms with Crippen molar-refractivity contribution < 1.29 is 19.0 Å². The van der Waals surface area contributed by atoms with Crippen LogP contribution in [0.2, 0.25) is 0 Å². The maximum absolute atomic E-state index is 12.7. The Balaban J connectivity index is 1.31. The number of hydrogen-bond acceptors (Lipinski definition) is 5. The molecule has 1 amide bonds. The SMILES string of the molecule is O=C(NCCc1ccc2c(c1)OCCO2)c1ccccc1SCC1CCCO1. The fourth-order valence-electron chi connectivity index (χ4n) is 3.40. The number of nitrogens with one attached hydrogen (secondary N) is 1. The van der Waals surface area contributed by atoms with Crippen molar-refractivity contribution in [2.45, 2.75) is 30.3 Å². The first kappa shape index (κ1) is 19.2. The summed E-state index contributed by atoms with van der Waals surface area (Å²) in [7, 11) is 0. The van der Waals surface area contributed by atoms with E-state index in [1.54, 1.807) is 11.8 Å². The van der Waals surface area contributed by atoms with Gasteiger partial charge in [-0.2, -0.15) is 0 Å². The lowest BCUT2D eigenvalue weighted by Crippen LogP contribution is -2.26. The van der Waals surface area contributed by atoms with Crippen LogP contribution in [0.15, 0.2) is 47.4 Å². The number of fused-ring (bicyclic) bond motifs is 1. The summed E-state index contributed by atoms with van der Waals surface area (Å²) in [4.78, 5) is 13.7. The normalized spacial score (nSPS) is 18.1. The molecule has 0 radical (unpaired) electrons. The van der Waals surface area contributed by atoms with Crippen molar-refractivity contribution >= 4 is 17.7 Å². The Bertz CT molecular complexity index is 820. The van der Waals surface area contributed by atoms with Crippen LogP contribution in [-0.4, -0.2) is 44.1 Å². The van der Waals surface area contributed by atoms with Gasteiger partial charge in [-0.25, -0.2) is 0 Å². The van der Waals surface area contributed by atoms with Gasteiger partial charge >= 0.3 is 0 Å². The second-order valence-corrected chi connectivity index (χ2v) is 7.99. The van der Waals surface area contributed by atoms with Crippen LogP contribution in [0.25, 0.3) is 0 Å². The molecule has 5 nitrogen and oxygen atoms in total. The standard InChI is InChI=1S/C22H25NO4S/c24-22(18-5-1-2-6-21(18)28-15-17-4-3-11-25-17)23-10-9-16-7-8-19-20(14-16)27-13-12-26-19/h1-2,5-8,14,17H,3-4,9-13,15H2,(H,23,24). The number of benzene rings is 2. The van der Waals surface area contributed by atoms with Gasteiger partial charge in [0.2, 0.25) is 0 Å². The molecule has 1 N–H and O–H groups in total. The number of carbonyl (C=O) groups excluding carboxylic acids is 1. The van der Waals surface area contributed by atoms with Gasteiger partial charge in [-0.3, -0.25) is 4.79 Å². The molecular formula is C22H25NO4S. The van der Waals surface area contributed by atoms with Crippen molar-refractivity contribution in [3.05, 3.63) is 53.6 Å². The summed E-state index contributed by atoms with van der Waals surface area (Å²) < 4.78 is 16.9. The highest BCUT2D eigenvalue weighted by molar-refractivity contribution is 7.99. The van der Waals surface area contributed by atoms with Crippen LogP contribution in [0.3, 0.4) is 0 Å². The average Bonchev–Trinajstić information content (AvgIpc) is 3.26. The summed E-state index contributed by atoms with van der Waals surface area (Å²) in [6.07, 6.45) is 3.29. The molecule has 148 valence electrons. The lowest BCUT2D eigenvalue weighted by Gasteiger charge is -2.19. The van der Waals surface area contributed by atoms with Gasteiger partial charge in [0.15, 0.2) is 11.5 Å². The summed E-state index contributed by atoms with van der Waals surface area (Å²) >= 11 is 1.70. The van der Waals surface area contributed by atoms with Crippen LogP contribution >= 0.6 is 11.8 Å². The van der Waals surface area contributed by atoms with Crippen LogP contribution in [0, 0.1) is 0 Å². The van der Waals surface area contributed by atoms with E-state index in [4.69, 9.17) is 14.2 Å². The van der Waals surface area contributed by atoms with E-state index in [9.17, 15) is 4.79 Å². The average molecular weight is 400 g/mol. The third kappa shape index (κ3) is 4.80. The molecule has 1 atom stereocenters. The molecule has 4 rings (SSSR count). The third-order valence-electron chi connectivity index (χ3n) is 4.89. The molecule has 2 heterocycles. The fourth-order valence-corrected chi connectivity index (χ4v) is 4.52. The van der Waals surface area contributed by atoms with Crippen LogP contribution < -0.4 is 14.8 Å². The Labute approximate surface area is 169 Å². The highest BCUT2D eigenvalue weighted by atomic mass is 32.2. The van der Waals surface area contributed by atoms with E-state index in [1.165, 1.54) is 0 Å². The van der Waals surface area contributed by atoms with Crippen molar-refractivity contribution in [3.8, 4) is 11.5 Å². The first-order valence-corrected chi connectivity index (χ1v) is 10.8. The topological polar surface area (TPSA) is 56.8 Å². The maximum Gasteiger partial charge on any atom is 0.252 e. The largest absolute Gasteiger partial charge is 0.486 e. The van der Waals surface area contributed by atoms with Gasteiger partial charge in [0.05, 0.1) is 11.7 Å². The van der Waals surface area contributed by atoms with Crippen molar-refractivity contribution in [1.82, 2.24) is 5.32 Å². The highest BCUT2D eigenvalue weighted by Crippen LogP contribution is 2.31. The molecule has 6 heteroatoms. The molecular weight excluding hydrogens is 374 g/mol. The second-order valence-electron chi connectivity index (χ2n) is 6.93. The minimum atomic E-state index is -0.0343. The summed E-state index contributed by atoms with van der Waals surface area (Å²) in [6.45, 7) is 2.59. The molecule has 2 aromatic carbocycles. The second kappa shape index (κ2) is 9.34. The molecule has 1 fully saturated rings. The van der Waals surface area contributed by atoms with Gasteiger partial charge in [0.1, 0.15) is 13.2 Å². The van der Waals surface area contributed by atoms with Gasteiger partial charge < -0.3 is 19.5 Å². The summed E-state index contributed by atoms with van der Waals surface area (Å²) in [5.41, 5.74) is 1.85. The van der Waals surface area contributed by atoms with E-state index in [0.717, 1.165) is 59.1 Å². The Hall–Kier alpha value is -2.18. The first-order chi connectivity index (χ1) is 13.8. The fraction of sp³-hybridized carbons (Fsp3) is 0.409. The highest BCUT2D eigenvalue weighted by Gasteiger charge is 2.18. The Morgan fingerprint density at radius 2 is 1.93 bits per heavy atom. The Morgan fingerprint density at radius 3 is 2.79 bits per heavy atom. The summed E-state index contributed by atoms with van der Waals surface area (Å²) in [5.74, 6) is 2.43. The molecule has 1 saturated heterocycles. The van der Waals surface area contributed by atoms with Crippen molar-refractivity contribution in [3.63, 3.8) is 0 Å². The quantitative estimate of drug-likeness (QED) is 0.720. The molecule has 2 aromatic rings. The summed E-state index contributed by atoms with van der Waals surface area (Å²) in [6, 6.07) is 13.7. The van der Waals surface area contributed by atoms with Gasteiger partial charge in [-0.05, 0) is 49.1 Å². The van der Waals surface area contributed by atoms with Gasteiger partial charge in [0, 0.05) is 23.8 Å². The zero-order valence-electron chi connectivity index (χ0n) is 15.8. The number of amides is 1. The van der Waals surface area contributed by atoms with Crippen LogP contribution in [0.5, 0.6) is 11.5 Å². The molecule has 28 heavy (non-hydrogen) atoms. The Morgan fingerprint density at radius 1 is 1.07 bits per heavy atom. The zero-order valence-corrected chi connectivity index (χ0v) is 16.6. The lowest BCUT2D eigenvalue weighted by atomic mass is 10.1. The van der Waals surface area contributed by atoms with Crippen LogP contribution in [0.4, 0.5) is 0 Å². The predicted molar refractivity (Wildman–Crippen MR) is 110 cm³/mol. The van der Waals surface area contributed by atoms with Gasteiger partial charge in [0.25, 0.3) is 5.91 Å². The van der Waals surface area contributed by atoms with Crippen molar-refractivity contribution in [2.75, 3.05) is 32.1 Å². The molecule has 0 spiro atoms. The number of hydrogen-bond donors (Lipinski definition) is 1. The lowest BCUT2D eigenvalue weighted by molar-refractivity contribution is 0.0951. The first-order valence-electron chi connectivity index (χ1n) is 9.80. The van der Waals surface area contributed by atoms with E-state index >= 15 is 0 Å². The smallest absolute Gasteiger partial charge is 0.252 e. The molecule has 2 aliphatic rings. The van der Waals surface area contributed by atoms with E-state index in [0.29, 0.717) is 25.9 Å². The maximum atomic E-state index is 12.7. The minimum absolute atomic E-state index is 0.0343. The molecule has 1 unspecified atom stereocenters. The van der Waals surface area contributed by atoms with Crippen molar-refractivity contribution in [2.24, 2.45) is 0 Å². The van der Waals surface area contributed by atoms with E-state index < -0.39 is 0 Å². The molecule has 0 aromatic heterocycles. The van der Waals surface area contributed by atoms with Crippen LogP contribution in [0.1, 0.15) is 28.8 Å². The predicted octanol–water partition coefficient (Wildman–Crippen LogP) is 3.70. The van der Waals surface area contributed by atoms with Crippen molar-refractivity contribution in [1.29, 1.82) is 0 Å². The number of rotatable bonds is 7. The van der Waals surface area contributed by atoms with Gasteiger partial charge in [-0.15, -0.1) is 11.8 Å². The zero-order chi connectivity index (χ0) is 19.2. The van der Waals surface area contributed by atoms with Crippen LogP contribution in [-0.2, 0) is 11.2 Å². The number of carbonyl (C=O) groups is 1. The molecule has 0 aliphatic carbocycles. The summed E-state index contributed by atoms with van der Waals surface area (Å²) in [5, 5.41) is 3.04. The third-order valence-corrected chi connectivity index (χ3v) is 6.09. The number of ether oxygens (including phenoxy) is 3.